The van der Waals surface area contributed by atoms with Gasteiger partial charge in [-0.25, -0.2) is 0 Å². The average Bonchev–Trinajstić information content (AvgIpc) is 2.55. The van der Waals surface area contributed by atoms with Gasteiger partial charge in [0.15, 0.2) is 0 Å². The number of carbonyl (C=O) groups is 2. The second kappa shape index (κ2) is 7.12. The first-order chi connectivity index (χ1) is 10.6. The molecule has 2 aromatic rings. The summed E-state index contributed by atoms with van der Waals surface area (Å²) in [7, 11) is 3.08. The zero-order chi connectivity index (χ0) is 15.9. The van der Waals surface area contributed by atoms with Crippen LogP contribution in [0, 0.1) is 0 Å². The smallest absolute Gasteiger partial charge is 0.314 e. The maximum absolute atomic E-state index is 11.9. The molecule has 0 aliphatic rings. The average molecular weight is 300 g/mol. The van der Waals surface area contributed by atoms with Crippen molar-refractivity contribution in [3.8, 4) is 11.5 Å². The molecule has 0 spiro atoms. The Labute approximate surface area is 128 Å². The molecule has 0 saturated heterocycles. The van der Waals surface area contributed by atoms with Crippen LogP contribution in [-0.4, -0.2) is 26.0 Å². The summed E-state index contributed by atoms with van der Waals surface area (Å²) in [6.07, 6.45) is 0. The minimum absolute atomic E-state index is 0.481. The topological polar surface area (TPSA) is 76.7 Å². The summed E-state index contributed by atoms with van der Waals surface area (Å²) >= 11 is 0. The largest absolute Gasteiger partial charge is 0.497 e. The first kappa shape index (κ1) is 15.4. The van der Waals surface area contributed by atoms with Crippen LogP contribution in [0.1, 0.15) is 0 Å². The van der Waals surface area contributed by atoms with E-state index < -0.39 is 11.8 Å². The minimum Gasteiger partial charge on any atom is -0.497 e. The third-order valence-corrected chi connectivity index (χ3v) is 2.88. The standard InChI is InChI=1S/C16H16N2O4/c1-21-13-8-6-11(7-9-13)17-15(19)16(20)18-12-4-3-5-14(10-12)22-2/h3-10H,1-2H3,(H,17,19)(H,18,20). The number of amides is 2. The Hall–Kier alpha value is -3.02. The molecule has 2 rings (SSSR count). The van der Waals surface area contributed by atoms with Crippen LogP contribution in [0.3, 0.4) is 0 Å². The Morgan fingerprint density at radius 2 is 1.36 bits per heavy atom. The van der Waals surface area contributed by atoms with Gasteiger partial charge in [-0.1, -0.05) is 6.07 Å². The Bertz CT molecular complexity index is 668. The molecule has 6 heteroatoms. The molecule has 114 valence electrons. The van der Waals surface area contributed by atoms with E-state index in [4.69, 9.17) is 9.47 Å². The third kappa shape index (κ3) is 3.99. The number of carbonyl (C=O) groups excluding carboxylic acids is 2. The van der Waals surface area contributed by atoms with Gasteiger partial charge in [0.05, 0.1) is 14.2 Å². The Morgan fingerprint density at radius 3 is 1.95 bits per heavy atom. The lowest BCUT2D eigenvalue weighted by molar-refractivity contribution is -0.132. The van der Waals surface area contributed by atoms with Gasteiger partial charge < -0.3 is 20.1 Å². The Kier molecular flexibility index (Phi) is 4.98. The van der Waals surface area contributed by atoms with Gasteiger partial charge in [-0.15, -0.1) is 0 Å². The van der Waals surface area contributed by atoms with Crippen molar-refractivity contribution < 1.29 is 19.1 Å². The number of methoxy groups -OCH3 is 2. The SMILES string of the molecule is COc1ccc(NC(=O)C(=O)Nc2cccc(OC)c2)cc1. The van der Waals surface area contributed by atoms with Crippen LogP contribution in [0.4, 0.5) is 11.4 Å². The van der Waals surface area contributed by atoms with Gasteiger partial charge in [0.25, 0.3) is 0 Å². The molecule has 0 aliphatic carbocycles. The molecule has 0 atom stereocenters. The van der Waals surface area contributed by atoms with E-state index in [9.17, 15) is 9.59 Å². The quantitative estimate of drug-likeness (QED) is 0.849. The normalized spacial score (nSPS) is 9.73. The number of hydrogen-bond acceptors (Lipinski definition) is 4. The van der Waals surface area contributed by atoms with Gasteiger partial charge in [-0.2, -0.15) is 0 Å². The molecule has 6 nitrogen and oxygen atoms in total. The lowest BCUT2D eigenvalue weighted by atomic mass is 10.3. The second-order valence-electron chi connectivity index (χ2n) is 4.37. The van der Waals surface area contributed by atoms with Crippen LogP contribution in [0.25, 0.3) is 0 Å². The minimum atomic E-state index is -0.760. The molecular weight excluding hydrogens is 284 g/mol. The molecule has 0 aromatic heterocycles. The van der Waals surface area contributed by atoms with Crippen molar-refractivity contribution in [2.24, 2.45) is 0 Å². The molecular formula is C16H16N2O4. The van der Waals surface area contributed by atoms with E-state index in [0.717, 1.165) is 0 Å². The molecule has 0 radical (unpaired) electrons. The first-order valence-electron chi connectivity index (χ1n) is 6.53. The van der Waals surface area contributed by atoms with Crippen LogP contribution in [-0.2, 0) is 9.59 Å². The Morgan fingerprint density at radius 1 is 0.773 bits per heavy atom. The fourth-order valence-corrected chi connectivity index (χ4v) is 1.75. The number of benzene rings is 2. The van der Waals surface area contributed by atoms with Crippen LogP contribution in [0.2, 0.25) is 0 Å². The van der Waals surface area contributed by atoms with E-state index in [-0.39, 0.29) is 0 Å². The lowest BCUT2D eigenvalue weighted by Crippen LogP contribution is -2.29. The molecule has 0 aliphatic heterocycles. The van der Waals surface area contributed by atoms with Crippen molar-refractivity contribution in [2.75, 3.05) is 24.9 Å². The van der Waals surface area contributed by atoms with E-state index in [1.165, 1.54) is 7.11 Å². The monoisotopic (exact) mass is 300 g/mol. The zero-order valence-electron chi connectivity index (χ0n) is 12.3. The molecule has 22 heavy (non-hydrogen) atoms. The highest BCUT2D eigenvalue weighted by molar-refractivity contribution is 6.43. The van der Waals surface area contributed by atoms with Crippen molar-refractivity contribution in [2.45, 2.75) is 0 Å². The van der Waals surface area contributed by atoms with E-state index in [1.807, 2.05) is 0 Å². The van der Waals surface area contributed by atoms with Gasteiger partial charge in [0, 0.05) is 17.4 Å². The molecule has 2 N–H and O–H groups in total. The number of hydrogen-bond donors (Lipinski definition) is 2. The predicted octanol–water partition coefficient (Wildman–Crippen LogP) is 2.28. The van der Waals surface area contributed by atoms with Gasteiger partial charge in [0.1, 0.15) is 11.5 Å². The second-order valence-corrected chi connectivity index (χ2v) is 4.37. The summed E-state index contributed by atoms with van der Waals surface area (Å²) in [6, 6.07) is 13.4. The van der Waals surface area contributed by atoms with Gasteiger partial charge in [-0.05, 0) is 36.4 Å². The third-order valence-electron chi connectivity index (χ3n) is 2.88. The fraction of sp³-hybridized carbons (Fsp3) is 0.125. The summed E-state index contributed by atoms with van der Waals surface area (Å²) in [4.78, 5) is 23.7. The summed E-state index contributed by atoms with van der Waals surface area (Å²) in [5.74, 6) is -0.260. The highest BCUT2D eigenvalue weighted by Crippen LogP contribution is 2.17. The highest BCUT2D eigenvalue weighted by atomic mass is 16.5. The fourth-order valence-electron chi connectivity index (χ4n) is 1.75. The number of nitrogens with one attached hydrogen (secondary N) is 2. The van der Waals surface area contributed by atoms with Crippen LogP contribution >= 0.6 is 0 Å². The highest BCUT2D eigenvalue weighted by Gasteiger charge is 2.14. The summed E-state index contributed by atoms with van der Waals surface area (Å²) in [6.45, 7) is 0. The van der Waals surface area contributed by atoms with E-state index in [0.29, 0.717) is 22.9 Å². The van der Waals surface area contributed by atoms with Crippen molar-refractivity contribution in [3.63, 3.8) is 0 Å². The van der Waals surface area contributed by atoms with Crippen molar-refractivity contribution in [3.05, 3.63) is 48.5 Å². The number of rotatable bonds is 4. The maximum atomic E-state index is 11.9. The first-order valence-corrected chi connectivity index (χ1v) is 6.53. The zero-order valence-corrected chi connectivity index (χ0v) is 12.3. The van der Waals surface area contributed by atoms with Crippen molar-refractivity contribution in [1.82, 2.24) is 0 Å². The van der Waals surface area contributed by atoms with Gasteiger partial charge in [0.2, 0.25) is 0 Å². The molecule has 0 fully saturated rings. The molecule has 0 bridgehead atoms. The summed E-state index contributed by atoms with van der Waals surface area (Å²) in [5.41, 5.74) is 0.987. The van der Waals surface area contributed by atoms with Crippen molar-refractivity contribution in [1.29, 1.82) is 0 Å². The molecule has 0 saturated carbocycles. The Balaban J connectivity index is 1.97. The van der Waals surface area contributed by atoms with E-state index in [2.05, 4.69) is 10.6 Å². The summed E-state index contributed by atoms with van der Waals surface area (Å²) in [5, 5.41) is 5.01. The van der Waals surface area contributed by atoms with E-state index >= 15 is 0 Å². The lowest BCUT2D eigenvalue weighted by Gasteiger charge is -2.08. The maximum Gasteiger partial charge on any atom is 0.314 e. The van der Waals surface area contributed by atoms with E-state index in [1.54, 1.807) is 55.6 Å². The predicted molar refractivity (Wildman–Crippen MR) is 83.2 cm³/mol. The number of anilines is 2. The molecule has 2 aromatic carbocycles. The van der Waals surface area contributed by atoms with Gasteiger partial charge in [-0.3, -0.25) is 9.59 Å². The molecule has 2 amide bonds. The van der Waals surface area contributed by atoms with Gasteiger partial charge >= 0.3 is 11.8 Å². The summed E-state index contributed by atoms with van der Waals surface area (Å²) < 4.78 is 10.1. The molecule has 0 heterocycles. The van der Waals surface area contributed by atoms with Crippen LogP contribution < -0.4 is 20.1 Å². The van der Waals surface area contributed by atoms with Crippen LogP contribution in [0.15, 0.2) is 48.5 Å². The number of ether oxygens (including phenoxy) is 2. The van der Waals surface area contributed by atoms with Crippen LogP contribution in [0.5, 0.6) is 11.5 Å². The molecule has 0 unspecified atom stereocenters. The van der Waals surface area contributed by atoms with Crippen molar-refractivity contribution >= 4 is 23.2 Å².